The van der Waals surface area contributed by atoms with Gasteiger partial charge < -0.3 is 9.64 Å². The average molecular weight is 488 g/mol. The number of ether oxygens (including phenoxy) is 1. The molecule has 3 aromatic carbocycles. The minimum atomic E-state index is -0.563. The predicted octanol–water partition coefficient (Wildman–Crippen LogP) is 5.69. The van der Waals surface area contributed by atoms with Gasteiger partial charge in [0.05, 0.1) is 28.3 Å². The van der Waals surface area contributed by atoms with Gasteiger partial charge in [-0.2, -0.15) is 5.26 Å². The van der Waals surface area contributed by atoms with Gasteiger partial charge >= 0.3 is 5.97 Å². The number of thiazole rings is 1. The first-order valence-corrected chi connectivity index (χ1v) is 12.4. The molecule has 0 aliphatic carbocycles. The molecule has 0 saturated carbocycles. The third kappa shape index (κ3) is 6.01. The fraction of sp³-hybridized carbons (Fsp3) is 0.154. The Hall–Kier alpha value is -3.67. The molecule has 4 aromatic rings. The minimum absolute atomic E-state index is 0.186. The smallest absolute Gasteiger partial charge is 0.338 e. The summed E-state index contributed by atoms with van der Waals surface area (Å²) in [5.74, 6) is -0.205. The first kappa shape index (κ1) is 23.5. The normalized spacial score (nSPS) is 10.6. The van der Waals surface area contributed by atoms with Crippen molar-refractivity contribution in [3.63, 3.8) is 0 Å². The van der Waals surface area contributed by atoms with Crippen LogP contribution in [0.1, 0.15) is 22.3 Å². The number of fused-ring (bicyclic) bond motifs is 1. The van der Waals surface area contributed by atoms with Crippen LogP contribution in [0.15, 0.2) is 83.2 Å². The van der Waals surface area contributed by atoms with Crippen molar-refractivity contribution in [3.8, 4) is 6.07 Å². The van der Waals surface area contributed by atoms with Crippen LogP contribution < -0.4 is 4.90 Å². The molecule has 6 nitrogen and oxygen atoms in total. The second-order valence-corrected chi connectivity index (χ2v) is 9.55. The van der Waals surface area contributed by atoms with Crippen molar-refractivity contribution in [2.45, 2.75) is 16.5 Å². The molecule has 0 unspecified atom stereocenters. The maximum atomic E-state index is 12.7. The second kappa shape index (κ2) is 11.5. The van der Waals surface area contributed by atoms with E-state index in [2.05, 4.69) is 11.1 Å². The van der Waals surface area contributed by atoms with Crippen LogP contribution in [-0.4, -0.2) is 30.0 Å². The van der Waals surface area contributed by atoms with Crippen LogP contribution in [0.3, 0.4) is 0 Å². The molecule has 0 spiro atoms. The summed E-state index contributed by atoms with van der Waals surface area (Å²) in [4.78, 5) is 31.2. The number of rotatable bonds is 9. The van der Waals surface area contributed by atoms with Crippen molar-refractivity contribution in [1.29, 1.82) is 5.26 Å². The molecule has 1 aromatic heterocycles. The van der Waals surface area contributed by atoms with Crippen molar-refractivity contribution in [2.75, 3.05) is 18.1 Å². The van der Waals surface area contributed by atoms with E-state index in [0.717, 1.165) is 25.9 Å². The van der Waals surface area contributed by atoms with Gasteiger partial charge in [-0.15, -0.1) is 11.3 Å². The summed E-state index contributed by atoms with van der Waals surface area (Å²) in [6.07, 6.45) is 0.186. The Kier molecular flexibility index (Phi) is 7.91. The fourth-order valence-electron chi connectivity index (χ4n) is 3.25. The van der Waals surface area contributed by atoms with Crippen LogP contribution in [0.25, 0.3) is 10.2 Å². The molecule has 8 heteroatoms. The number of benzene rings is 3. The summed E-state index contributed by atoms with van der Waals surface area (Å²) < 4.78 is 7.41. The van der Waals surface area contributed by atoms with Gasteiger partial charge in [0.2, 0.25) is 0 Å². The van der Waals surface area contributed by atoms with Crippen LogP contribution in [0.4, 0.5) is 5.69 Å². The van der Waals surface area contributed by atoms with E-state index in [-0.39, 0.29) is 18.9 Å². The summed E-state index contributed by atoms with van der Waals surface area (Å²) >= 11 is 3.32. The summed E-state index contributed by atoms with van der Waals surface area (Å²) in [7, 11) is 0. The lowest BCUT2D eigenvalue weighted by Crippen LogP contribution is -2.35. The minimum Gasteiger partial charge on any atom is -0.452 e. The van der Waals surface area contributed by atoms with Gasteiger partial charge in [-0.05, 0) is 42.0 Å². The zero-order valence-corrected chi connectivity index (χ0v) is 19.8. The van der Waals surface area contributed by atoms with Crippen molar-refractivity contribution in [1.82, 2.24) is 4.98 Å². The lowest BCUT2D eigenvalue weighted by atomic mass is 10.1. The molecule has 4 rings (SSSR count). The molecular formula is C26H21N3O3S2. The molecule has 0 saturated heterocycles. The summed E-state index contributed by atoms with van der Waals surface area (Å²) in [6.45, 7) is -0.160. The van der Waals surface area contributed by atoms with E-state index in [1.807, 2.05) is 54.6 Å². The molecule has 0 N–H and O–H groups in total. The Morgan fingerprint density at radius 3 is 2.47 bits per heavy atom. The van der Waals surface area contributed by atoms with Crippen molar-refractivity contribution in [3.05, 3.63) is 90.0 Å². The van der Waals surface area contributed by atoms with E-state index < -0.39 is 12.6 Å². The zero-order valence-electron chi connectivity index (χ0n) is 18.2. The lowest BCUT2D eigenvalue weighted by Gasteiger charge is -2.21. The van der Waals surface area contributed by atoms with Crippen molar-refractivity contribution >= 4 is 50.9 Å². The van der Waals surface area contributed by atoms with Gasteiger partial charge in [0, 0.05) is 18.0 Å². The van der Waals surface area contributed by atoms with Gasteiger partial charge in [0.15, 0.2) is 10.9 Å². The topological polar surface area (TPSA) is 83.3 Å². The molecule has 0 radical (unpaired) electrons. The van der Waals surface area contributed by atoms with Crippen LogP contribution in [-0.2, 0) is 15.3 Å². The quantitative estimate of drug-likeness (QED) is 0.223. The maximum Gasteiger partial charge on any atom is 0.338 e. The summed E-state index contributed by atoms with van der Waals surface area (Å²) in [5.41, 5.74) is 3.10. The van der Waals surface area contributed by atoms with Gasteiger partial charge in [0.1, 0.15) is 0 Å². The average Bonchev–Trinajstić information content (AvgIpc) is 3.30. The number of nitriles is 1. The Bertz CT molecular complexity index is 1280. The maximum absolute atomic E-state index is 12.7. The fourth-order valence-corrected chi connectivity index (χ4v) is 5.28. The first-order valence-electron chi connectivity index (χ1n) is 10.6. The Labute approximate surface area is 205 Å². The van der Waals surface area contributed by atoms with Crippen LogP contribution >= 0.6 is 23.1 Å². The van der Waals surface area contributed by atoms with Crippen LogP contribution in [0.2, 0.25) is 0 Å². The number of esters is 1. The number of hydrogen-bond acceptors (Lipinski definition) is 7. The third-order valence-electron chi connectivity index (χ3n) is 4.97. The molecule has 170 valence electrons. The van der Waals surface area contributed by atoms with E-state index in [9.17, 15) is 9.59 Å². The van der Waals surface area contributed by atoms with E-state index >= 15 is 0 Å². The van der Waals surface area contributed by atoms with Gasteiger partial charge in [-0.25, -0.2) is 9.78 Å². The SMILES string of the molecule is N#CCCN(C(=O)COC(=O)c1ccc(CSc2nc3ccccc3s2)cc1)c1ccccc1. The van der Waals surface area contributed by atoms with E-state index in [1.54, 1.807) is 47.4 Å². The second-order valence-electron chi connectivity index (χ2n) is 7.30. The predicted molar refractivity (Wildman–Crippen MR) is 135 cm³/mol. The Morgan fingerprint density at radius 1 is 1.00 bits per heavy atom. The first-order chi connectivity index (χ1) is 16.6. The molecule has 34 heavy (non-hydrogen) atoms. The number of para-hydroxylation sites is 2. The molecule has 0 fully saturated rings. The largest absolute Gasteiger partial charge is 0.452 e. The molecule has 0 aliphatic rings. The van der Waals surface area contributed by atoms with E-state index in [4.69, 9.17) is 10.00 Å². The number of amides is 1. The molecule has 1 amide bonds. The van der Waals surface area contributed by atoms with E-state index in [1.165, 1.54) is 4.90 Å². The number of nitrogens with zero attached hydrogens (tertiary/aromatic N) is 3. The van der Waals surface area contributed by atoms with Gasteiger partial charge in [-0.3, -0.25) is 4.79 Å². The Balaban J connectivity index is 1.31. The molecule has 0 aliphatic heterocycles. The molecule has 0 bridgehead atoms. The van der Waals surface area contributed by atoms with Crippen LogP contribution in [0.5, 0.6) is 0 Å². The molecule has 1 heterocycles. The number of anilines is 1. The number of thioether (sulfide) groups is 1. The zero-order chi connectivity index (χ0) is 23.8. The molecular weight excluding hydrogens is 466 g/mol. The number of aromatic nitrogens is 1. The number of carbonyl (C=O) groups is 2. The summed E-state index contributed by atoms with van der Waals surface area (Å²) in [6, 6.07) is 26.3. The highest BCUT2D eigenvalue weighted by molar-refractivity contribution is 8.00. The highest BCUT2D eigenvalue weighted by Crippen LogP contribution is 2.31. The van der Waals surface area contributed by atoms with Gasteiger partial charge in [-0.1, -0.05) is 54.2 Å². The van der Waals surface area contributed by atoms with Gasteiger partial charge in [0.25, 0.3) is 5.91 Å². The summed E-state index contributed by atoms with van der Waals surface area (Å²) in [5, 5.41) is 8.89. The standard InChI is InChI=1S/C26H21N3O3S2/c27-15-6-16-29(21-7-2-1-3-8-21)24(30)17-32-25(31)20-13-11-19(12-14-20)18-33-26-28-22-9-4-5-10-23(22)34-26/h1-5,7-14H,6,16-18H2. The third-order valence-corrected chi connectivity index (χ3v) is 7.22. The number of carbonyl (C=O) groups excluding carboxylic acids is 2. The van der Waals surface area contributed by atoms with Crippen LogP contribution in [0, 0.1) is 11.3 Å². The van der Waals surface area contributed by atoms with Crippen molar-refractivity contribution < 1.29 is 14.3 Å². The monoisotopic (exact) mass is 487 g/mol. The van der Waals surface area contributed by atoms with E-state index in [0.29, 0.717) is 11.3 Å². The Morgan fingerprint density at radius 2 is 1.74 bits per heavy atom. The molecule has 0 atom stereocenters. The lowest BCUT2D eigenvalue weighted by molar-refractivity contribution is -0.121. The van der Waals surface area contributed by atoms with Crippen molar-refractivity contribution in [2.24, 2.45) is 0 Å². The highest BCUT2D eigenvalue weighted by atomic mass is 32.2. The number of hydrogen-bond donors (Lipinski definition) is 0. The highest BCUT2D eigenvalue weighted by Gasteiger charge is 2.18.